The van der Waals surface area contributed by atoms with Gasteiger partial charge in [0.25, 0.3) is 5.91 Å². The Morgan fingerprint density at radius 3 is 2.86 bits per heavy atom. The molecule has 1 atom stereocenters. The third kappa shape index (κ3) is 3.93. The van der Waals surface area contributed by atoms with Crippen molar-refractivity contribution in [1.29, 1.82) is 0 Å². The van der Waals surface area contributed by atoms with Crippen LogP contribution in [0, 0.1) is 0 Å². The van der Waals surface area contributed by atoms with Crippen LogP contribution in [0.25, 0.3) is 10.2 Å². The number of carbonyl (C=O) groups is 2. The van der Waals surface area contributed by atoms with E-state index in [1.165, 1.54) is 18.3 Å². The third-order valence-electron chi connectivity index (χ3n) is 4.30. The number of hydrogen-bond acceptors (Lipinski definition) is 5. The van der Waals surface area contributed by atoms with Crippen LogP contribution in [0.15, 0.2) is 60.1 Å². The predicted octanol–water partition coefficient (Wildman–Crippen LogP) is 3.11. The molecule has 0 fully saturated rings. The van der Waals surface area contributed by atoms with Gasteiger partial charge in [-0.25, -0.2) is 0 Å². The number of para-hydroxylation sites is 2. The summed E-state index contributed by atoms with van der Waals surface area (Å²) in [4.78, 5) is 28.9. The molecule has 2 aromatic carbocycles. The van der Waals surface area contributed by atoms with E-state index in [-0.39, 0.29) is 12.5 Å². The summed E-state index contributed by atoms with van der Waals surface area (Å²) in [5.41, 5.74) is 1.59. The highest BCUT2D eigenvalue weighted by atomic mass is 32.1. The van der Waals surface area contributed by atoms with E-state index in [0.29, 0.717) is 28.5 Å². The third-order valence-corrected chi connectivity index (χ3v) is 5.35. The van der Waals surface area contributed by atoms with Gasteiger partial charge in [-0.2, -0.15) is 4.99 Å². The van der Waals surface area contributed by atoms with Crippen LogP contribution in [-0.2, 0) is 16.1 Å². The molecule has 3 aromatic rings. The number of rotatable bonds is 4. The highest BCUT2D eigenvalue weighted by Gasteiger charge is 2.27. The number of benzene rings is 2. The van der Waals surface area contributed by atoms with E-state index in [4.69, 9.17) is 9.47 Å². The van der Waals surface area contributed by atoms with Gasteiger partial charge in [0.05, 0.1) is 10.2 Å². The number of nitrogens with one attached hydrogen (secondary N) is 1. The van der Waals surface area contributed by atoms with Crippen molar-refractivity contribution in [3.63, 3.8) is 0 Å². The summed E-state index contributed by atoms with van der Waals surface area (Å²) in [6.07, 6.45) is 0.940. The van der Waals surface area contributed by atoms with Crippen LogP contribution in [0.4, 0.5) is 5.69 Å². The molecular weight excluding hydrogens is 390 g/mol. The Hall–Kier alpha value is -3.39. The fourth-order valence-corrected chi connectivity index (χ4v) is 4.14. The number of thiazole rings is 1. The highest BCUT2D eigenvalue weighted by Crippen LogP contribution is 2.31. The van der Waals surface area contributed by atoms with E-state index in [1.54, 1.807) is 18.2 Å². The number of carbonyl (C=O) groups excluding carboxylic acids is 2. The largest absolute Gasteiger partial charge is 0.485 e. The van der Waals surface area contributed by atoms with Crippen LogP contribution in [0.5, 0.6) is 11.5 Å². The first-order chi connectivity index (χ1) is 14.0. The molecule has 8 heteroatoms. The van der Waals surface area contributed by atoms with E-state index in [0.717, 1.165) is 10.2 Å². The SMILES string of the molecule is C=CCn1c(=NC(=O)[C@@H]2COc3ccccc3O2)sc2cc(NC(C)=O)ccc21. The highest BCUT2D eigenvalue weighted by molar-refractivity contribution is 7.16. The van der Waals surface area contributed by atoms with Crippen molar-refractivity contribution in [2.45, 2.75) is 19.6 Å². The molecule has 0 aliphatic carbocycles. The lowest BCUT2D eigenvalue weighted by atomic mass is 10.2. The predicted molar refractivity (Wildman–Crippen MR) is 111 cm³/mol. The van der Waals surface area contributed by atoms with Gasteiger partial charge in [-0.3, -0.25) is 9.59 Å². The van der Waals surface area contributed by atoms with Crippen molar-refractivity contribution in [3.8, 4) is 11.5 Å². The van der Waals surface area contributed by atoms with Gasteiger partial charge in [-0.15, -0.1) is 6.58 Å². The molecule has 4 rings (SSSR count). The van der Waals surface area contributed by atoms with Crippen molar-refractivity contribution in [3.05, 3.63) is 59.9 Å². The average molecular weight is 409 g/mol. The van der Waals surface area contributed by atoms with Crippen LogP contribution in [0.3, 0.4) is 0 Å². The van der Waals surface area contributed by atoms with Crippen LogP contribution in [-0.4, -0.2) is 29.1 Å². The molecule has 0 radical (unpaired) electrons. The zero-order chi connectivity index (χ0) is 20.4. The fourth-order valence-electron chi connectivity index (χ4n) is 3.05. The van der Waals surface area contributed by atoms with Gasteiger partial charge in [-0.05, 0) is 30.3 Å². The number of ether oxygens (including phenoxy) is 2. The van der Waals surface area contributed by atoms with Crippen molar-refractivity contribution in [2.24, 2.45) is 4.99 Å². The van der Waals surface area contributed by atoms with Crippen molar-refractivity contribution in [1.82, 2.24) is 4.57 Å². The van der Waals surface area contributed by atoms with E-state index in [2.05, 4.69) is 16.9 Å². The Morgan fingerprint density at radius 2 is 2.10 bits per heavy atom. The summed E-state index contributed by atoms with van der Waals surface area (Å²) in [6.45, 7) is 5.85. The zero-order valence-electron chi connectivity index (χ0n) is 15.8. The first-order valence-corrected chi connectivity index (χ1v) is 9.86. The normalized spacial score (nSPS) is 15.9. The van der Waals surface area contributed by atoms with E-state index < -0.39 is 12.0 Å². The van der Waals surface area contributed by atoms with Gasteiger partial charge in [0.15, 0.2) is 16.3 Å². The lowest BCUT2D eigenvalue weighted by Gasteiger charge is -2.23. The molecule has 0 saturated heterocycles. The van der Waals surface area contributed by atoms with Gasteiger partial charge < -0.3 is 19.4 Å². The number of anilines is 1. The second kappa shape index (κ2) is 7.92. The van der Waals surface area contributed by atoms with E-state index >= 15 is 0 Å². The van der Waals surface area contributed by atoms with Gasteiger partial charge in [0.2, 0.25) is 12.0 Å². The van der Waals surface area contributed by atoms with Gasteiger partial charge >= 0.3 is 0 Å². The van der Waals surface area contributed by atoms with Crippen LogP contribution >= 0.6 is 11.3 Å². The Bertz CT molecular complexity index is 1180. The van der Waals surface area contributed by atoms with Crippen molar-refractivity contribution >= 4 is 39.1 Å². The molecule has 7 nitrogen and oxygen atoms in total. The molecule has 1 aliphatic rings. The number of allylic oxidation sites excluding steroid dienone is 1. The number of hydrogen-bond donors (Lipinski definition) is 1. The molecule has 1 aromatic heterocycles. The number of fused-ring (bicyclic) bond motifs is 2. The molecule has 1 aliphatic heterocycles. The Labute approximate surface area is 170 Å². The Kier molecular flexibility index (Phi) is 5.18. The Balaban J connectivity index is 1.69. The van der Waals surface area contributed by atoms with Crippen LogP contribution in [0.1, 0.15) is 6.92 Å². The van der Waals surface area contributed by atoms with Gasteiger partial charge in [0.1, 0.15) is 6.61 Å². The first-order valence-electron chi connectivity index (χ1n) is 9.04. The average Bonchev–Trinajstić information content (AvgIpc) is 3.03. The molecule has 0 bridgehead atoms. The smallest absolute Gasteiger partial charge is 0.292 e. The second-order valence-corrected chi connectivity index (χ2v) is 7.47. The summed E-state index contributed by atoms with van der Waals surface area (Å²) in [5, 5.41) is 2.76. The molecule has 1 N–H and O–H groups in total. The number of aromatic nitrogens is 1. The topological polar surface area (TPSA) is 81.9 Å². The van der Waals surface area contributed by atoms with E-state index in [1.807, 2.05) is 34.9 Å². The van der Waals surface area contributed by atoms with Crippen molar-refractivity contribution in [2.75, 3.05) is 11.9 Å². The first kappa shape index (κ1) is 18.9. The summed E-state index contributed by atoms with van der Waals surface area (Å²) >= 11 is 1.36. The summed E-state index contributed by atoms with van der Waals surface area (Å²) in [5.74, 6) is 0.592. The van der Waals surface area contributed by atoms with Crippen molar-refractivity contribution < 1.29 is 19.1 Å². The lowest BCUT2D eigenvalue weighted by Crippen LogP contribution is -2.36. The maximum absolute atomic E-state index is 12.8. The molecule has 2 amide bonds. The van der Waals surface area contributed by atoms with Crippen LogP contribution in [0.2, 0.25) is 0 Å². The standard InChI is InChI=1S/C21H19N3O4S/c1-3-10-24-15-9-8-14(22-13(2)25)11-19(15)29-21(24)23-20(26)18-12-27-16-6-4-5-7-17(16)28-18/h3-9,11,18H,1,10,12H2,2H3,(H,22,25)/t18-/m0/s1. The summed E-state index contributed by atoms with van der Waals surface area (Å²) in [7, 11) is 0. The molecule has 0 saturated carbocycles. The molecule has 2 heterocycles. The molecule has 148 valence electrons. The lowest BCUT2D eigenvalue weighted by molar-refractivity contribution is -0.127. The molecule has 0 unspecified atom stereocenters. The maximum atomic E-state index is 12.8. The molecule has 0 spiro atoms. The van der Waals surface area contributed by atoms with Gasteiger partial charge in [-0.1, -0.05) is 29.5 Å². The monoisotopic (exact) mass is 409 g/mol. The summed E-state index contributed by atoms with van der Waals surface area (Å²) < 4.78 is 14.2. The van der Waals surface area contributed by atoms with Gasteiger partial charge in [0, 0.05) is 19.2 Å². The number of nitrogens with zero attached hydrogens (tertiary/aromatic N) is 2. The zero-order valence-corrected chi connectivity index (χ0v) is 16.6. The maximum Gasteiger partial charge on any atom is 0.292 e. The summed E-state index contributed by atoms with van der Waals surface area (Å²) in [6, 6.07) is 12.8. The van der Waals surface area contributed by atoms with E-state index in [9.17, 15) is 9.59 Å². The fraction of sp³-hybridized carbons (Fsp3) is 0.190. The minimum absolute atomic E-state index is 0.110. The molecular formula is C21H19N3O4S. The van der Waals surface area contributed by atoms with Crippen LogP contribution < -0.4 is 19.6 Å². The Morgan fingerprint density at radius 1 is 1.31 bits per heavy atom. The second-order valence-electron chi connectivity index (χ2n) is 6.46. The minimum Gasteiger partial charge on any atom is -0.485 e. The molecule has 29 heavy (non-hydrogen) atoms. The number of amides is 2. The quantitative estimate of drug-likeness (QED) is 0.672. The minimum atomic E-state index is -0.803.